The van der Waals surface area contributed by atoms with Crippen LogP contribution in [0, 0.1) is 23.7 Å². The van der Waals surface area contributed by atoms with Crippen molar-refractivity contribution in [3.05, 3.63) is 84.7 Å². The quantitative estimate of drug-likeness (QED) is 0.0205. The molecule has 5 rings (SSSR count). The Hall–Kier alpha value is -6.25. The van der Waals surface area contributed by atoms with Crippen molar-refractivity contribution in [2.75, 3.05) is 26.4 Å². The fourth-order valence-corrected chi connectivity index (χ4v) is 8.14. The Morgan fingerprint density at radius 2 is 1.09 bits per heavy atom. The Morgan fingerprint density at radius 3 is 1.63 bits per heavy atom. The molecule has 2 aromatic rings. The number of carbonyl (C=O) groups is 7. The van der Waals surface area contributed by atoms with Crippen LogP contribution in [0.15, 0.2) is 79.1 Å². The monoisotopic (exact) mass is 942 g/mol. The molecule has 2 aromatic carbocycles. The Kier molecular flexibility index (Phi) is 22.3. The summed E-state index contributed by atoms with van der Waals surface area (Å²) in [7, 11) is 0. The molecule has 1 atom stereocenters. The lowest BCUT2D eigenvalue weighted by Gasteiger charge is -2.27. The summed E-state index contributed by atoms with van der Waals surface area (Å²) in [6, 6.07) is 11.1. The molecule has 368 valence electrons. The third-order valence-corrected chi connectivity index (χ3v) is 12.2. The van der Waals surface area contributed by atoms with Gasteiger partial charge < -0.3 is 37.9 Å². The van der Waals surface area contributed by atoms with Gasteiger partial charge in [0.1, 0.15) is 34.9 Å². The zero-order chi connectivity index (χ0) is 48.5. The maximum atomic E-state index is 13.2. The van der Waals surface area contributed by atoms with Crippen molar-refractivity contribution in [3.8, 4) is 23.0 Å². The first-order chi connectivity index (χ1) is 33.0. The highest BCUT2D eigenvalue weighted by Gasteiger charge is 2.34. The molecule has 0 aliphatic heterocycles. The van der Waals surface area contributed by atoms with Crippen LogP contribution in [-0.2, 0) is 47.7 Å². The Morgan fingerprint density at radius 1 is 0.588 bits per heavy atom. The molecular weight excluding hydrogens is 877 g/mol. The van der Waals surface area contributed by atoms with Crippen LogP contribution in [0.2, 0.25) is 0 Å². The average molecular weight is 943 g/mol. The molecule has 0 bridgehead atoms. The molecular formula is C53H66O15. The van der Waals surface area contributed by atoms with Crippen molar-refractivity contribution in [1.29, 1.82) is 0 Å². The maximum absolute atomic E-state index is 13.2. The van der Waals surface area contributed by atoms with E-state index in [9.17, 15) is 33.6 Å². The maximum Gasteiger partial charge on any atom is 0.330 e. The van der Waals surface area contributed by atoms with Gasteiger partial charge in [0.05, 0.1) is 55.7 Å². The molecule has 68 heavy (non-hydrogen) atoms. The molecule has 3 aliphatic carbocycles. The summed E-state index contributed by atoms with van der Waals surface area (Å²) in [5.41, 5.74) is 0.0518. The van der Waals surface area contributed by atoms with Gasteiger partial charge in [-0.15, -0.1) is 0 Å². The van der Waals surface area contributed by atoms with Crippen LogP contribution in [0.5, 0.6) is 23.0 Å². The van der Waals surface area contributed by atoms with Gasteiger partial charge in [-0.2, -0.15) is 0 Å². The Bertz CT molecular complexity index is 2050. The van der Waals surface area contributed by atoms with Gasteiger partial charge >= 0.3 is 35.8 Å². The largest absolute Gasteiger partial charge is 0.494 e. The number of aldehydes is 1. The van der Waals surface area contributed by atoms with Crippen LogP contribution in [0.25, 0.3) is 0 Å². The van der Waals surface area contributed by atoms with Crippen LogP contribution in [0.1, 0.15) is 133 Å². The second kappa shape index (κ2) is 28.8. The fraction of sp³-hybridized carbons (Fsp3) is 0.528. The molecule has 0 saturated heterocycles. The molecule has 15 heteroatoms. The van der Waals surface area contributed by atoms with Crippen molar-refractivity contribution in [2.45, 2.75) is 129 Å². The molecule has 0 N–H and O–H groups in total. The summed E-state index contributed by atoms with van der Waals surface area (Å²) in [5, 5.41) is 0. The number of carbonyl (C=O) groups excluding carboxylic acids is 7. The molecule has 0 aromatic heterocycles. The Labute approximate surface area is 398 Å². The van der Waals surface area contributed by atoms with Crippen molar-refractivity contribution in [1.82, 2.24) is 0 Å². The molecule has 0 amide bonds. The van der Waals surface area contributed by atoms with Crippen LogP contribution < -0.4 is 18.9 Å². The number of unbranched alkanes of at least 4 members (excludes halogenated alkanes) is 6. The summed E-state index contributed by atoms with van der Waals surface area (Å²) in [5.74, 6) is -1.84. The minimum atomic E-state index is -0.502. The van der Waals surface area contributed by atoms with Crippen molar-refractivity contribution in [3.63, 3.8) is 0 Å². The van der Waals surface area contributed by atoms with E-state index >= 15 is 0 Å². The normalized spacial score (nSPS) is 19.8. The van der Waals surface area contributed by atoms with Gasteiger partial charge in [0, 0.05) is 18.9 Å². The standard InChI is InChI=1S/C53H66O15/c1-3-48(55)63-33-11-7-5-9-31-61-42-21-25-44(26-22-42)65-50(57)37-13-15-39(16-14-37)52(59)67-46-29-30-47(41(35-46)36-54)68-53(60)40-19-17-38(18-20-40)51(58)66-45-27-23-43(24-28-45)62-32-10-6-8-12-34-64-49(56)4-2/h3,21-27,29-30,35-40,45H,1,4-20,28,31-34H2,2H3. The highest BCUT2D eigenvalue weighted by molar-refractivity contribution is 5.85. The molecule has 2 saturated carbocycles. The third-order valence-electron chi connectivity index (χ3n) is 12.2. The molecule has 2 fully saturated rings. The average Bonchev–Trinajstić information content (AvgIpc) is 3.36. The van der Waals surface area contributed by atoms with E-state index in [0.717, 1.165) is 63.2 Å². The van der Waals surface area contributed by atoms with E-state index in [1.165, 1.54) is 18.2 Å². The van der Waals surface area contributed by atoms with E-state index in [4.69, 9.17) is 37.9 Å². The van der Waals surface area contributed by atoms with Crippen molar-refractivity contribution >= 4 is 42.1 Å². The lowest BCUT2D eigenvalue weighted by atomic mass is 9.82. The summed E-state index contributed by atoms with van der Waals surface area (Å²) in [6.45, 7) is 7.08. The smallest absolute Gasteiger partial charge is 0.330 e. The Balaban J connectivity index is 0.937. The first-order valence-corrected chi connectivity index (χ1v) is 24.2. The minimum Gasteiger partial charge on any atom is -0.494 e. The fourth-order valence-electron chi connectivity index (χ4n) is 8.14. The summed E-state index contributed by atoms with van der Waals surface area (Å²) in [6.07, 6.45) is 18.4. The van der Waals surface area contributed by atoms with Crippen LogP contribution in [0.3, 0.4) is 0 Å². The molecule has 0 heterocycles. The van der Waals surface area contributed by atoms with Crippen molar-refractivity contribution in [2.24, 2.45) is 23.7 Å². The zero-order valence-electron chi connectivity index (χ0n) is 39.2. The zero-order valence-corrected chi connectivity index (χ0v) is 39.2. The predicted molar refractivity (Wildman–Crippen MR) is 249 cm³/mol. The predicted octanol–water partition coefficient (Wildman–Crippen LogP) is 9.48. The molecule has 3 aliphatic rings. The molecule has 0 spiro atoms. The topological polar surface area (TPSA) is 193 Å². The third kappa shape index (κ3) is 18.1. The SMILES string of the molecule is C=CC(=O)OCCCCCCOc1ccc(OC(=O)C2CCC(C(=O)Oc3ccc(OC(=O)C4CCC(C(=O)OC5C=CC(OCCCCCCOC(=O)CC)=CC5)CC4)c(C=O)c3)CC2)cc1. The van der Waals surface area contributed by atoms with E-state index < -0.39 is 29.7 Å². The number of esters is 6. The van der Waals surface area contributed by atoms with E-state index in [1.54, 1.807) is 31.2 Å². The van der Waals surface area contributed by atoms with Crippen LogP contribution >= 0.6 is 0 Å². The van der Waals surface area contributed by atoms with Gasteiger partial charge in [-0.1, -0.05) is 13.5 Å². The van der Waals surface area contributed by atoms with E-state index in [1.807, 2.05) is 18.2 Å². The van der Waals surface area contributed by atoms with Gasteiger partial charge in [-0.3, -0.25) is 28.8 Å². The second-order valence-electron chi connectivity index (χ2n) is 17.3. The molecule has 15 nitrogen and oxygen atoms in total. The lowest BCUT2D eigenvalue weighted by molar-refractivity contribution is -0.155. The first kappa shape index (κ1) is 52.7. The van der Waals surface area contributed by atoms with Gasteiger partial charge in [-0.05, 0) is 163 Å². The summed E-state index contributed by atoms with van der Waals surface area (Å²) in [4.78, 5) is 86.5. The first-order valence-electron chi connectivity index (χ1n) is 24.2. The van der Waals surface area contributed by atoms with Gasteiger partial charge in [0.25, 0.3) is 0 Å². The van der Waals surface area contributed by atoms with Gasteiger partial charge in [-0.25, -0.2) is 4.79 Å². The highest BCUT2D eigenvalue weighted by Crippen LogP contribution is 2.35. The number of hydrogen-bond acceptors (Lipinski definition) is 15. The van der Waals surface area contributed by atoms with Gasteiger partial charge in [0.15, 0.2) is 6.29 Å². The summed E-state index contributed by atoms with van der Waals surface area (Å²) < 4.78 is 44.3. The second-order valence-corrected chi connectivity index (χ2v) is 17.3. The lowest BCUT2D eigenvalue weighted by Crippen LogP contribution is -2.31. The highest BCUT2D eigenvalue weighted by atomic mass is 16.6. The number of allylic oxidation sites excluding steroid dienone is 1. The number of hydrogen-bond donors (Lipinski definition) is 0. The minimum absolute atomic E-state index is 0.0496. The molecule has 1 unspecified atom stereocenters. The van der Waals surface area contributed by atoms with E-state index in [0.29, 0.717) is 108 Å². The number of benzene rings is 2. The molecule has 0 radical (unpaired) electrons. The van der Waals surface area contributed by atoms with E-state index in [2.05, 4.69) is 6.58 Å². The van der Waals surface area contributed by atoms with Crippen molar-refractivity contribution < 1.29 is 71.5 Å². The van der Waals surface area contributed by atoms with Crippen LogP contribution in [-0.4, -0.2) is 74.6 Å². The van der Waals surface area contributed by atoms with Gasteiger partial charge in [0.2, 0.25) is 0 Å². The van der Waals surface area contributed by atoms with E-state index in [-0.39, 0.29) is 52.9 Å². The van der Waals surface area contributed by atoms with Crippen LogP contribution in [0.4, 0.5) is 0 Å². The summed E-state index contributed by atoms with van der Waals surface area (Å²) >= 11 is 0. The number of rotatable bonds is 27. The number of ether oxygens (including phenoxy) is 8.